The number of Topliss-reactive ketones (excluding diaryl/α,β-unsaturated/α-hetero) is 1. The lowest BCUT2D eigenvalue weighted by molar-refractivity contribution is 0.0939. The van der Waals surface area contributed by atoms with Crippen LogP contribution in [0, 0.1) is 17.2 Å². The Morgan fingerprint density at radius 1 is 1.29 bits per heavy atom. The molecule has 0 amide bonds. The van der Waals surface area contributed by atoms with Crippen molar-refractivity contribution in [2.75, 3.05) is 13.1 Å². The van der Waals surface area contributed by atoms with Crippen LogP contribution < -0.4 is 0 Å². The predicted octanol–water partition coefficient (Wildman–Crippen LogP) is 2.45. The maximum Gasteiger partial charge on any atom is 0.243 e. The van der Waals surface area contributed by atoms with Gasteiger partial charge in [0.15, 0.2) is 5.78 Å². The van der Waals surface area contributed by atoms with Crippen LogP contribution in [-0.2, 0) is 10.0 Å². The monoisotopic (exact) mass is 308 g/mol. The Morgan fingerprint density at radius 3 is 2.29 bits per heavy atom. The summed E-state index contributed by atoms with van der Waals surface area (Å²) in [4.78, 5) is 12.0. The molecule has 114 valence electrons. The van der Waals surface area contributed by atoms with Gasteiger partial charge in [0, 0.05) is 31.0 Å². The van der Waals surface area contributed by atoms with E-state index in [9.17, 15) is 13.2 Å². The third kappa shape index (κ3) is 4.13. The molecule has 6 heteroatoms. The van der Waals surface area contributed by atoms with Gasteiger partial charge in [0.05, 0.1) is 11.0 Å². The number of rotatable bonds is 7. The Hall–Kier alpha value is -1.71. The minimum atomic E-state index is -3.62. The van der Waals surface area contributed by atoms with Gasteiger partial charge < -0.3 is 0 Å². The van der Waals surface area contributed by atoms with Crippen molar-refractivity contribution in [2.45, 2.75) is 32.1 Å². The highest BCUT2D eigenvalue weighted by atomic mass is 32.2. The Labute approximate surface area is 126 Å². The smallest absolute Gasteiger partial charge is 0.243 e. The van der Waals surface area contributed by atoms with Crippen molar-refractivity contribution in [1.82, 2.24) is 4.31 Å². The summed E-state index contributed by atoms with van der Waals surface area (Å²) in [5, 5.41) is 8.59. The molecule has 21 heavy (non-hydrogen) atoms. The summed E-state index contributed by atoms with van der Waals surface area (Å²) in [5.74, 6) is -0.147. The maximum atomic E-state index is 12.4. The van der Waals surface area contributed by atoms with E-state index in [0.717, 1.165) is 0 Å². The normalized spacial score (nSPS) is 11.6. The first-order chi connectivity index (χ1) is 9.84. The molecule has 0 aliphatic heterocycles. The fourth-order valence-corrected chi connectivity index (χ4v) is 3.35. The molecule has 0 saturated carbocycles. The van der Waals surface area contributed by atoms with Crippen LogP contribution in [0.15, 0.2) is 29.2 Å². The quantitative estimate of drug-likeness (QED) is 0.725. The molecule has 1 rings (SSSR count). The average molecular weight is 308 g/mol. The number of ketones is 1. The van der Waals surface area contributed by atoms with Crippen molar-refractivity contribution < 1.29 is 13.2 Å². The highest BCUT2D eigenvalue weighted by Gasteiger charge is 2.23. The van der Waals surface area contributed by atoms with Crippen LogP contribution in [0.4, 0.5) is 0 Å². The van der Waals surface area contributed by atoms with Gasteiger partial charge in [-0.15, -0.1) is 0 Å². The second-order valence-corrected chi connectivity index (χ2v) is 6.89. The molecule has 0 heterocycles. The molecule has 0 saturated heterocycles. The summed E-state index contributed by atoms with van der Waals surface area (Å²) in [5.41, 5.74) is 0.504. The van der Waals surface area contributed by atoms with E-state index < -0.39 is 10.0 Å². The topological polar surface area (TPSA) is 78.2 Å². The minimum Gasteiger partial charge on any atom is -0.294 e. The molecule has 0 bridgehead atoms. The number of carbonyl (C=O) groups excluding carboxylic acids is 1. The lowest BCUT2D eigenvalue weighted by Gasteiger charge is -2.19. The van der Waals surface area contributed by atoms with Gasteiger partial charge in [0.1, 0.15) is 0 Å². The van der Waals surface area contributed by atoms with Gasteiger partial charge in [-0.3, -0.25) is 4.79 Å². The highest BCUT2D eigenvalue weighted by Crippen LogP contribution is 2.18. The number of benzene rings is 1. The summed E-state index contributed by atoms with van der Waals surface area (Å²) in [7, 11) is -3.62. The molecular formula is C15H20N2O3S. The standard InChI is InChI=1S/C15H20N2O3S/c1-4-17(11-5-10-16)21(19,20)14-8-6-13(7-9-14)15(18)12(2)3/h6-9,12H,4-5,11H2,1-3H3. The van der Waals surface area contributed by atoms with E-state index in [2.05, 4.69) is 0 Å². The van der Waals surface area contributed by atoms with Gasteiger partial charge in [0.2, 0.25) is 10.0 Å². The van der Waals surface area contributed by atoms with Crippen LogP contribution in [0.25, 0.3) is 0 Å². The molecule has 1 aromatic rings. The number of hydrogen-bond donors (Lipinski definition) is 0. The molecule has 0 unspecified atom stereocenters. The van der Waals surface area contributed by atoms with Crippen LogP contribution in [0.5, 0.6) is 0 Å². The lowest BCUT2D eigenvalue weighted by atomic mass is 10.0. The van der Waals surface area contributed by atoms with E-state index in [4.69, 9.17) is 5.26 Å². The Bertz CT molecular complexity index is 628. The lowest BCUT2D eigenvalue weighted by Crippen LogP contribution is -2.31. The molecule has 0 spiro atoms. The van der Waals surface area contributed by atoms with Crippen molar-refractivity contribution in [3.8, 4) is 6.07 Å². The number of hydrogen-bond acceptors (Lipinski definition) is 4. The SMILES string of the molecule is CCN(CCC#N)S(=O)(=O)c1ccc(C(=O)C(C)C)cc1. The summed E-state index contributed by atoms with van der Waals surface area (Å²) >= 11 is 0. The molecule has 0 aliphatic carbocycles. The third-order valence-electron chi connectivity index (χ3n) is 3.13. The van der Waals surface area contributed by atoms with Gasteiger partial charge in [-0.25, -0.2) is 8.42 Å². The Balaban J connectivity index is 3.04. The molecule has 0 radical (unpaired) electrons. The van der Waals surface area contributed by atoms with Gasteiger partial charge >= 0.3 is 0 Å². The first-order valence-corrected chi connectivity index (χ1v) is 8.30. The second-order valence-electron chi connectivity index (χ2n) is 4.95. The zero-order valence-electron chi connectivity index (χ0n) is 12.5. The number of nitriles is 1. The van der Waals surface area contributed by atoms with E-state index in [-0.39, 0.29) is 29.6 Å². The van der Waals surface area contributed by atoms with Crippen molar-refractivity contribution >= 4 is 15.8 Å². The molecule has 0 atom stereocenters. The fraction of sp³-hybridized carbons (Fsp3) is 0.467. The van der Waals surface area contributed by atoms with Crippen LogP contribution in [0.1, 0.15) is 37.6 Å². The van der Waals surface area contributed by atoms with Gasteiger partial charge in [-0.2, -0.15) is 9.57 Å². The molecule has 0 N–H and O–H groups in total. The second kappa shape index (κ2) is 7.34. The first-order valence-electron chi connectivity index (χ1n) is 6.86. The molecule has 5 nitrogen and oxygen atoms in total. The maximum absolute atomic E-state index is 12.4. The number of nitrogens with zero attached hydrogens (tertiary/aromatic N) is 2. The van der Waals surface area contributed by atoms with Crippen LogP contribution in [-0.4, -0.2) is 31.6 Å². The minimum absolute atomic E-state index is 0.0178. The average Bonchev–Trinajstić information content (AvgIpc) is 2.47. The van der Waals surface area contributed by atoms with E-state index in [1.165, 1.54) is 28.6 Å². The van der Waals surface area contributed by atoms with E-state index in [0.29, 0.717) is 12.1 Å². The summed E-state index contributed by atoms with van der Waals surface area (Å²) in [6.45, 7) is 5.80. The summed E-state index contributed by atoms with van der Waals surface area (Å²) in [6, 6.07) is 7.90. The van der Waals surface area contributed by atoms with E-state index >= 15 is 0 Å². The third-order valence-corrected chi connectivity index (χ3v) is 5.12. The Morgan fingerprint density at radius 2 is 1.86 bits per heavy atom. The predicted molar refractivity (Wildman–Crippen MR) is 80.3 cm³/mol. The van der Waals surface area contributed by atoms with Gasteiger partial charge in [0.25, 0.3) is 0 Å². The number of sulfonamides is 1. The highest BCUT2D eigenvalue weighted by molar-refractivity contribution is 7.89. The van der Waals surface area contributed by atoms with Gasteiger partial charge in [-0.05, 0) is 12.1 Å². The van der Waals surface area contributed by atoms with Crippen molar-refractivity contribution in [2.24, 2.45) is 5.92 Å². The van der Waals surface area contributed by atoms with Crippen molar-refractivity contribution in [3.63, 3.8) is 0 Å². The first kappa shape index (κ1) is 17.3. The fourth-order valence-electron chi connectivity index (χ4n) is 1.90. The zero-order chi connectivity index (χ0) is 16.0. The van der Waals surface area contributed by atoms with E-state index in [1.807, 2.05) is 6.07 Å². The molecule has 0 fully saturated rings. The zero-order valence-corrected chi connectivity index (χ0v) is 13.4. The molecule has 0 aliphatic rings. The van der Waals surface area contributed by atoms with Crippen LogP contribution in [0.3, 0.4) is 0 Å². The Kier molecular flexibility index (Phi) is 6.06. The van der Waals surface area contributed by atoms with E-state index in [1.54, 1.807) is 20.8 Å². The largest absolute Gasteiger partial charge is 0.294 e. The van der Waals surface area contributed by atoms with Crippen LogP contribution >= 0.6 is 0 Å². The summed E-state index contributed by atoms with van der Waals surface area (Å²) in [6.07, 6.45) is 0.150. The van der Waals surface area contributed by atoms with Crippen LogP contribution in [0.2, 0.25) is 0 Å². The molecular weight excluding hydrogens is 288 g/mol. The molecule has 1 aromatic carbocycles. The number of carbonyl (C=O) groups is 1. The van der Waals surface area contributed by atoms with Crippen molar-refractivity contribution in [1.29, 1.82) is 5.26 Å². The van der Waals surface area contributed by atoms with Crippen molar-refractivity contribution in [3.05, 3.63) is 29.8 Å². The molecule has 0 aromatic heterocycles. The van der Waals surface area contributed by atoms with Gasteiger partial charge in [-0.1, -0.05) is 32.9 Å². The summed E-state index contributed by atoms with van der Waals surface area (Å²) < 4.78 is 26.1.